The Morgan fingerprint density at radius 1 is 1.38 bits per heavy atom. The normalized spacial score (nSPS) is 11.1. The molecule has 0 saturated carbocycles. The van der Waals surface area contributed by atoms with Crippen LogP contribution in [0.2, 0.25) is 0 Å². The zero-order valence-corrected chi connectivity index (χ0v) is 14.8. The van der Waals surface area contributed by atoms with Gasteiger partial charge in [0, 0.05) is 0 Å². The number of aromatic nitrogens is 1. The predicted molar refractivity (Wildman–Crippen MR) is 99.7 cm³/mol. The number of hydrogen-bond donors (Lipinski definition) is 2. The van der Waals surface area contributed by atoms with Crippen molar-refractivity contribution in [3.63, 3.8) is 0 Å². The van der Waals surface area contributed by atoms with Gasteiger partial charge in [-0.05, 0) is 42.8 Å². The number of fused-ring (bicyclic) bond motifs is 1. The first-order valence-electron chi connectivity index (χ1n) is 7.92. The molecule has 0 unspecified atom stereocenters. The number of hydrazone groups is 1. The van der Waals surface area contributed by atoms with Crippen LogP contribution in [0.5, 0.6) is 11.5 Å². The molecule has 134 valence electrons. The minimum atomic E-state index is -0.280. The van der Waals surface area contributed by atoms with Crippen LogP contribution in [-0.4, -0.2) is 34.6 Å². The number of benzene rings is 2. The summed E-state index contributed by atoms with van der Waals surface area (Å²) < 4.78 is 10.8. The van der Waals surface area contributed by atoms with Crippen molar-refractivity contribution < 1.29 is 19.1 Å². The van der Waals surface area contributed by atoms with E-state index in [9.17, 15) is 9.90 Å². The number of hydrogen-bond acceptors (Lipinski definition) is 7. The van der Waals surface area contributed by atoms with E-state index in [4.69, 9.17) is 9.15 Å². The lowest BCUT2D eigenvalue weighted by atomic mass is 10.2. The summed E-state index contributed by atoms with van der Waals surface area (Å²) in [7, 11) is 0. The summed E-state index contributed by atoms with van der Waals surface area (Å²) >= 11 is 1.19. The first-order chi connectivity index (χ1) is 12.7. The third kappa shape index (κ3) is 4.54. The van der Waals surface area contributed by atoms with Crippen molar-refractivity contribution in [3.8, 4) is 11.5 Å². The van der Waals surface area contributed by atoms with Gasteiger partial charge in [0.2, 0.25) is 0 Å². The van der Waals surface area contributed by atoms with Gasteiger partial charge in [-0.2, -0.15) is 5.10 Å². The van der Waals surface area contributed by atoms with Crippen LogP contribution in [0.4, 0.5) is 0 Å². The molecule has 0 aliphatic rings. The molecular weight excluding hydrogens is 354 g/mol. The molecule has 8 heteroatoms. The van der Waals surface area contributed by atoms with Gasteiger partial charge in [-0.1, -0.05) is 23.9 Å². The Kier molecular flexibility index (Phi) is 5.75. The number of oxazole rings is 1. The van der Waals surface area contributed by atoms with Crippen molar-refractivity contribution in [2.24, 2.45) is 5.10 Å². The second-order valence-corrected chi connectivity index (χ2v) is 6.12. The number of carbonyl (C=O) groups excluding carboxylic acids is 1. The number of nitrogens with one attached hydrogen (secondary N) is 1. The summed E-state index contributed by atoms with van der Waals surface area (Å²) in [6, 6.07) is 12.2. The van der Waals surface area contributed by atoms with E-state index < -0.39 is 0 Å². The highest BCUT2D eigenvalue weighted by atomic mass is 32.2. The maximum Gasteiger partial charge on any atom is 0.257 e. The average molecular weight is 371 g/mol. The van der Waals surface area contributed by atoms with E-state index in [1.807, 2.05) is 31.2 Å². The molecular formula is C18H17N3O4S. The number of nitrogens with zero attached hydrogens (tertiary/aromatic N) is 2. The summed E-state index contributed by atoms with van der Waals surface area (Å²) in [4.78, 5) is 16.2. The Morgan fingerprint density at radius 3 is 3.04 bits per heavy atom. The first-order valence-corrected chi connectivity index (χ1v) is 8.90. The molecule has 0 fully saturated rings. The summed E-state index contributed by atoms with van der Waals surface area (Å²) in [5.41, 5.74) is 4.57. The SMILES string of the molecule is CCOc1cc(/C=N\NC(=O)CSc2nc3ccccc3o2)ccc1O. The monoisotopic (exact) mass is 371 g/mol. The fourth-order valence-corrected chi connectivity index (χ4v) is 2.76. The third-order valence-corrected chi connectivity index (χ3v) is 4.12. The topological polar surface area (TPSA) is 97.0 Å². The Morgan fingerprint density at radius 2 is 2.23 bits per heavy atom. The standard InChI is InChI=1S/C18H17N3O4S/c1-2-24-16-9-12(7-8-14(16)22)10-19-21-17(23)11-26-18-20-13-5-3-4-6-15(13)25-18/h3-10,22H,2,11H2,1H3,(H,21,23)/b19-10-. The van der Waals surface area contributed by atoms with Gasteiger partial charge in [0.1, 0.15) is 5.52 Å². The summed E-state index contributed by atoms with van der Waals surface area (Å²) in [5.74, 6) is 0.276. The van der Waals surface area contributed by atoms with Crippen molar-refractivity contribution in [2.45, 2.75) is 12.1 Å². The first kappa shape index (κ1) is 17.8. The van der Waals surface area contributed by atoms with Crippen LogP contribution in [0, 0.1) is 0 Å². The Bertz CT molecular complexity index is 906. The summed E-state index contributed by atoms with van der Waals surface area (Å²) in [5, 5.41) is 14.0. The van der Waals surface area contributed by atoms with Crippen molar-refractivity contribution in [2.75, 3.05) is 12.4 Å². The number of amides is 1. The van der Waals surface area contributed by atoms with Crippen molar-refractivity contribution >= 4 is 35.0 Å². The number of ether oxygens (including phenoxy) is 1. The second kappa shape index (κ2) is 8.39. The highest BCUT2D eigenvalue weighted by Crippen LogP contribution is 2.26. The minimum absolute atomic E-state index is 0.0581. The lowest BCUT2D eigenvalue weighted by molar-refractivity contribution is -0.118. The molecule has 0 aliphatic heterocycles. The molecule has 0 spiro atoms. The number of phenolic OH excluding ortho intramolecular Hbond substituents is 1. The Balaban J connectivity index is 1.52. The van der Waals surface area contributed by atoms with Crippen LogP contribution in [0.3, 0.4) is 0 Å². The number of rotatable bonds is 7. The van der Waals surface area contributed by atoms with Crippen LogP contribution in [0.25, 0.3) is 11.1 Å². The van der Waals surface area contributed by atoms with Crippen molar-refractivity contribution in [1.29, 1.82) is 0 Å². The molecule has 1 amide bonds. The van der Waals surface area contributed by atoms with Gasteiger partial charge >= 0.3 is 0 Å². The van der Waals surface area contributed by atoms with Gasteiger partial charge in [-0.25, -0.2) is 10.4 Å². The molecule has 1 heterocycles. The van der Waals surface area contributed by atoms with Gasteiger partial charge in [0.15, 0.2) is 17.1 Å². The fourth-order valence-electron chi connectivity index (χ4n) is 2.13. The Labute approximate surface area is 154 Å². The second-order valence-electron chi connectivity index (χ2n) is 5.19. The van der Waals surface area contributed by atoms with E-state index in [1.54, 1.807) is 12.1 Å². The van der Waals surface area contributed by atoms with Gasteiger partial charge in [0.25, 0.3) is 11.1 Å². The van der Waals surface area contributed by atoms with E-state index >= 15 is 0 Å². The minimum Gasteiger partial charge on any atom is -0.504 e. The van der Waals surface area contributed by atoms with E-state index in [-0.39, 0.29) is 17.4 Å². The molecule has 0 radical (unpaired) electrons. The number of aromatic hydroxyl groups is 1. The number of phenols is 1. The largest absolute Gasteiger partial charge is 0.504 e. The molecule has 26 heavy (non-hydrogen) atoms. The average Bonchev–Trinajstić information content (AvgIpc) is 3.06. The Hall–Kier alpha value is -3.00. The van der Waals surface area contributed by atoms with Gasteiger partial charge < -0.3 is 14.3 Å². The quantitative estimate of drug-likeness (QED) is 0.376. The van der Waals surface area contributed by atoms with Crippen LogP contribution in [0.1, 0.15) is 12.5 Å². The molecule has 0 saturated heterocycles. The van der Waals surface area contributed by atoms with Gasteiger partial charge in [-0.15, -0.1) is 0 Å². The molecule has 2 aromatic carbocycles. The van der Waals surface area contributed by atoms with Crippen LogP contribution < -0.4 is 10.2 Å². The lowest BCUT2D eigenvalue weighted by Crippen LogP contribution is -2.19. The summed E-state index contributed by atoms with van der Waals surface area (Å²) in [6.07, 6.45) is 1.48. The zero-order valence-electron chi connectivity index (χ0n) is 14.0. The van der Waals surface area contributed by atoms with Gasteiger partial charge in [0.05, 0.1) is 18.6 Å². The predicted octanol–water partition coefficient (Wildman–Crippen LogP) is 3.17. The number of carbonyl (C=O) groups is 1. The highest BCUT2D eigenvalue weighted by molar-refractivity contribution is 7.99. The lowest BCUT2D eigenvalue weighted by Gasteiger charge is -2.05. The molecule has 3 rings (SSSR count). The zero-order chi connectivity index (χ0) is 18.4. The van der Waals surface area contributed by atoms with Crippen LogP contribution in [-0.2, 0) is 4.79 Å². The van der Waals surface area contributed by atoms with E-state index in [2.05, 4.69) is 15.5 Å². The molecule has 7 nitrogen and oxygen atoms in total. The number of thioether (sulfide) groups is 1. The summed E-state index contributed by atoms with van der Waals surface area (Å²) in [6.45, 7) is 2.27. The maximum absolute atomic E-state index is 11.9. The van der Waals surface area contributed by atoms with E-state index in [0.29, 0.717) is 28.7 Å². The van der Waals surface area contributed by atoms with E-state index in [1.165, 1.54) is 24.0 Å². The van der Waals surface area contributed by atoms with Gasteiger partial charge in [-0.3, -0.25) is 4.79 Å². The van der Waals surface area contributed by atoms with Crippen LogP contribution >= 0.6 is 11.8 Å². The highest BCUT2D eigenvalue weighted by Gasteiger charge is 2.08. The molecule has 0 atom stereocenters. The fraction of sp³-hybridized carbons (Fsp3) is 0.167. The molecule has 0 aliphatic carbocycles. The smallest absolute Gasteiger partial charge is 0.257 e. The molecule has 3 aromatic rings. The van der Waals surface area contributed by atoms with Crippen LogP contribution in [0.15, 0.2) is 57.2 Å². The maximum atomic E-state index is 11.9. The molecule has 1 aromatic heterocycles. The third-order valence-electron chi connectivity index (χ3n) is 3.29. The molecule has 2 N–H and O–H groups in total. The van der Waals surface area contributed by atoms with Crippen molar-refractivity contribution in [3.05, 3.63) is 48.0 Å². The molecule has 0 bridgehead atoms. The van der Waals surface area contributed by atoms with Crippen molar-refractivity contribution in [1.82, 2.24) is 10.4 Å². The number of para-hydroxylation sites is 2. The van der Waals surface area contributed by atoms with E-state index in [0.717, 1.165) is 5.52 Å².